The molecule has 4 rings (SSSR count). The summed E-state index contributed by atoms with van der Waals surface area (Å²) in [6, 6.07) is 13.9. The fourth-order valence-corrected chi connectivity index (χ4v) is 4.39. The van der Waals surface area contributed by atoms with E-state index in [1.807, 2.05) is 6.07 Å². The third kappa shape index (κ3) is 4.02. The Morgan fingerprint density at radius 1 is 1.08 bits per heavy atom. The molecular formula is C25H21N5O7. The number of nitrogens with one attached hydrogen (secondary N) is 3. The Kier molecular flexibility index (Phi) is 6.62. The van der Waals surface area contributed by atoms with E-state index in [2.05, 4.69) is 16.0 Å². The van der Waals surface area contributed by atoms with E-state index in [0.717, 1.165) is 0 Å². The third-order valence-corrected chi connectivity index (χ3v) is 5.82. The molecule has 37 heavy (non-hydrogen) atoms. The summed E-state index contributed by atoms with van der Waals surface area (Å²) in [5.74, 6) is -2.84. The third-order valence-electron chi connectivity index (χ3n) is 5.82. The predicted molar refractivity (Wildman–Crippen MR) is 130 cm³/mol. The number of anilines is 2. The van der Waals surface area contributed by atoms with Crippen LogP contribution in [0.2, 0.25) is 0 Å². The van der Waals surface area contributed by atoms with Crippen molar-refractivity contribution < 1.29 is 28.8 Å². The van der Waals surface area contributed by atoms with Gasteiger partial charge in [0.25, 0.3) is 5.69 Å². The predicted octanol–water partition coefficient (Wildman–Crippen LogP) is 2.62. The average Bonchev–Trinajstić information content (AvgIpc) is 3.16. The summed E-state index contributed by atoms with van der Waals surface area (Å²) in [5, 5.41) is 29.9. The standard InChI is InChI=1S/C25H21N5O7/c1-3-36-22(31)19-20(23(32)37-4-2)29-21(27-14-8-7-9-15(12-14)30(34)35)17(13-26)25(19)16-10-5-6-11-18(16)28-24(25)33/h5-12,27,29H,3-4H2,1-2H3,(H,28,33)/t25-/m0/s1. The number of rotatable bonds is 7. The fraction of sp³-hybridized carbons (Fsp3) is 0.200. The second-order valence-electron chi connectivity index (χ2n) is 7.86. The van der Waals surface area contributed by atoms with Gasteiger partial charge in [-0.2, -0.15) is 5.26 Å². The van der Waals surface area contributed by atoms with Crippen LogP contribution < -0.4 is 16.0 Å². The Morgan fingerprint density at radius 2 is 1.78 bits per heavy atom. The molecule has 2 aromatic rings. The number of hydrogen-bond acceptors (Lipinski definition) is 10. The first-order chi connectivity index (χ1) is 17.8. The Labute approximate surface area is 210 Å². The molecule has 0 saturated heterocycles. The van der Waals surface area contributed by atoms with Crippen LogP contribution in [0.3, 0.4) is 0 Å². The number of carbonyl (C=O) groups excluding carboxylic acids is 3. The minimum Gasteiger partial charge on any atom is -0.463 e. The highest BCUT2D eigenvalue weighted by molar-refractivity contribution is 6.19. The summed E-state index contributed by atoms with van der Waals surface area (Å²) in [6.45, 7) is 3.02. The van der Waals surface area contributed by atoms with Crippen LogP contribution in [0.5, 0.6) is 0 Å². The van der Waals surface area contributed by atoms with E-state index < -0.39 is 39.5 Å². The number of nitro benzene ring substituents is 1. The number of nitrogens with zero attached hydrogens (tertiary/aromatic N) is 2. The van der Waals surface area contributed by atoms with E-state index in [-0.39, 0.29) is 41.5 Å². The number of benzene rings is 2. The zero-order chi connectivity index (χ0) is 26.7. The molecule has 1 spiro atoms. The van der Waals surface area contributed by atoms with Crippen molar-refractivity contribution >= 4 is 34.9 Å². The first-order valence-corrected chi connectivity index (χ1v) is 11.2. The average molecular weight is 503 g/mol. The number of dihydropyridines is 1. The first kappa shape index (κ1) is 24.9. The molecule has 0 aromatic heterocycles. The molecule has 3 N–H and O–H groups in total. The van der Waals surface area contributed by atoms with Crippen molar-refractivity contribution in [3.8, 4) is 6.07 Å². The summed E-state index contributed by atoms with van der Waals surface area (Å²) in [5.41, 5.74) is -2.59. The summed E-state index contributed by atoms with van der Waals surface area (Å²) < 4.78 is 10.4. The summed E-state index contributed by atoms with van der Waals surface area (Å²) in [6.07, 6.45) is 0. The Hall–Kier alpha value is -5.18. The van der Waals surface area contributed by atoms with Crippen molar-refractivity contribution in [2.75, 3.05) is 23.8 Å². The molecule has 2 aliphatic heterocycles. The number of para-hydroxylation sites is 1. The zero-order valence-corrected chi connectivity index (χ0v) is 19.8. The smallest absolute Gasteiger partial charge is 0.355 e. The summed E-state index contributed by atoms with van der Waals surface area (Å²) in [4.78, 5) is 50.9. The highest BCUT2D eigenvalue weighted by atomic mass is 16.6. The highest BCUT2D eigenvalue weighted by Gasteiger charge is 2.60. The summed E-state index contributed by atoms with van der Waals surface area (Å²) in [7, 11) is 0. The fourth-order valence-electron chi connectivity index (χ4n) is 4.39. The molecule has 12 nitrogen and oxygen atoms in total. The maximum atomic E-state index is 13.7. The maximum Gasteiger partial charge on any atom is 0.355 e. The van der Waals surface area contributed by atoms with E-state index in [0.29, 0.717) is 5.69 Å². The van der Waals surface area contributed by atoms with Crippen LogP contribution in [0.4, 0.5) is 17.1 Å². The lowest BCUT2D eigenvalue weighted by Gasteiger charge is -2.36. The molecule has 0 bridgehead atoms. The molecule has 188 valence electrons. The van der Waals surface area contributed by atoms with E-state index in [4.69, 9.17) is 9.47 Å². The van der Waals surface area contributed by atoms with E-state index >= 15 is 0 Å². The molecule has 0 radical (unpaired) electrons. The van der Waals surface area contributed by atoms with Crippen LogP contribution in [0.1, 0.15) is 19.4 Å². The second kappa shape index (κ2) is 9.82. The van der Waals surface area contributed by atoms with E-state index in [9.17, 15) is 29.8 Å². The van der Waals surface area contributed by atoms with Gasteiger partial charge in [0.05, 0.1) is 29.3 Å². The first-order valence-electron chi connectivity index (χ1n) is 11.2. The van der Waals surface area contributed by atoms with Crippen LogP contribution in [0.25, 0.3) is 0 Å². The van der Waals surface area contributed by atoms with Gasteiger partial charge in [-0.3, -0.25) is 14.9 Å². The second-order valence-corrected chi connectivity index (χ2v) is 7.86. The van der Waals surface area contributed by atoms with Crippen molar-refractivity contribution in [1.29, 1.82) is 5.26 Å². The van der Waals surface area contributed by atoms with E-state index in [1.165, 1.54) is 24.3 Å². The minimum atomic E-state index is -2.08. The number of nitriles is 1. The lowest BCUT2D eigenvalue weighted by molar-refractivity contribution is -0.384. The van der Waals surface area contributed by atoms with Gasteiger partial charge in [-0.15, -0.1) is 0 Å². The molecule has 1 amide bonds. The molecule has 12 heteroatoms. The van der Waals surface area contributed by atoms with Gasteiger partial charge >= 0.3 is 11.9 Å². The minimum absolute atomic E-state index is 0.0433. The van der Waals surface area contributed by atoms with Gasteiger partial charge in [0.15, 0.2) is 0 Å². The van der Waals surface area contributed by atoms with Crippen LogP contribution >= 0.6 is 0 Å². The Morgan fingerprint density at radius 3 is 2.46 bits per heavy atom. The number of hydrogen-bond donors (Lipinski definition) is 3. The number of amides is 1. The van der Waals surface area contributed by atoms with Crippen molar-refractivity contribution in [2.24, 2.45) is 0 Å². The number of non-ortho nitro benzene ring substituents is 1. The monoisotopic (exact) mass is 503 g/mol. The van der Waals surface area contributed by atoms with Gasteiger partial charge in [-0.05, 0) is 26.0 Å². The van der Waals surface area contributed by atoms with E-state index in [1.54, 1.807) is 38.1 Å². The molecule has 2 aliphatic rings. The molecular weight excluding hydrogens is 482 g/mol. The number of fused-ring (bicyclic) bond motifs is 2. The van der Waals surface area contributed by atoms with Crippen molar-refractivity contribution in [3.63, 3.8) is 0 Å². The molecule has 2 aromatic carbocycles. The zero-order valence-electron chi connectivity index (χ0n) is 19.8. The topological polar surface area (TPSA) is 173 Å². The number of nitro groups is 1. The lowest BCUT2D eigenvalue weighted by atomic mass is 9.67. The largest absolute Gasteiger partial charge is 0.463 e. The van der Waals surface area contributed by atoms with Crippen LogP contribution in [0, 0.1) is 21.4 Å². The Bertz CT molecular complexity index is 1440. The van der Waals surface area contributed by atoms with Crippen molar-refractivity contribution in [3.05, 3.63) is 86.9 Å². The maximum absolute atomic E-state index is 13.7. The van der Waals surface area contributed by atoms with Gasteiger partial charge in [0.2, 0.25) is 5.91 Å². The lowest BCUT2D eigenvalue weighted by Crippen LogP contribution is -2.50. The normalized spacial score (nSPS) is 17.9. The van der Waals surface area contributed by atoms with Crippen LogP contribution in [-0.2, 0) is 29.3 Å². The van der Waals surface area contributed by atoms with Gasteiger partial charge in [-0.25, -0.2) is 9.59 Å². The number of esters is 2. The molecule has 0 fully saturated rings. The highest BCUT2D eigenvalue weighted by Crippen LogP contribution is 2.51. The molecule has 0 saturated carbocycles. The summed E-state index contributed by atoms with van der Waals surface area (Å²) >= 11 is 0. The number of ether oxygens (including phenoxy) is 2. The molecule has 0 unspecified atom stereocenters. The van der Waals surface area contributed by atoms with Crippen LogP contribution in [0.15, 0.2) is 71.2 Å². The quantitative estimate of drug-likeness (QED) is 0.290. The van der Waals surface area contributed by atoms with Crippen molar-refractivity contribution in [2.45, 2.75) is 19.3 Å². The van der Waals surface area contributed by atoms with Gasteiger partial charge in [0.1, 0.15) is 23.0 Å². The molecule has 0 aliphatic carbocycles. The molecule has 2 heterocycles. The SMILES string of the molecule is CCOC(=O)C1=C(C(=O)OCC)[C@@]2(C(=O)Nc3ccccc32)C(C#N)=C(Nc2cccc([N+](=O)[O-])c2)N1. The Balaban J connectivity index is 2.04. The van der Waals surface area contributed by atoms with Gasteiger partial charge < -0.3 is 25.4 Å². The van der Waals surface area contributed by atoms with Gasteiger partial charge in [-0.1, -0.05) is 24.3 Å². The molecule has 1 atom stereocenters. The van der Waals surface area contributed by atoms with Gasteiger partial charge in [0, 0.05) is 29.1 Å². The number of carbonyl (C=O) groups is 3. The van der Waals surface area contributed by atoms with Crippen LogP contribution in [-0.4, -0.2) is 36.0 Å². The van der Waals surface area contributed by atoms with Crippen molar-refractivity contribution in [1.82, 2.24) is 5.32 Å².